The SMILES string of the molecule is CCCCc1ccccc1-c1c2c(n(-c3ccccc3N)c1-c1ccccc1)C(=O)c1ccccc1C2=O. The van der Waals surface area contributed by atoms with E-state index in [0.717, 1.165) is 47.2 Å². The van der Waals surface area contributed by atoms with Crippen molar-refractivity contribution >= 4 is 17.3 Å². The van der Waals surface area contributed by atoms with Crippen LogP contribution in [0, 0.1) is 0 Å². The predicted octanol–water partition coefficient (Wildman–Crippen LogP) is 7.51. The molecule has 0 bridgehead atoms. The Bertz CT molecular complexity index is 1700. The molecule has 0 unspecified atom stereocenters. The van der Waals surface area contributed by atoms with Gasteiger partial charge in [0.15, 0.2) is 5.78 Å². The second kappa shape index (κ2) is 9.64. The van der Waals surface area contributed by atoms with E-state index in [1.165, 1.54) is 0 Å². The Morgan fingerprint density at radius 1 is 0.632 bits per heavy atom. The van der Waals surface area contributed by atoms with E-state index < -0.39 is 0 Å². The van der Waals surface area contributed by atoms with Crippen LogP contribution in [0.25, 0.3) is 28.1 Å². The Labute approximate surface area is 222 Å². The van der Waals surface area contributed by atoms with Crippen molar-refractivity contribution in [1.82, 2.24) is 4.57 Å². The highest BCUT2D eigenvalue weighted by atomic mass is 16.1. The monoisotopic (exact) mass is 496 g/mol. The fraction of sp³-hybridized carbons (Fsp3) is 0.118. The van der Waals surface area contributed by atoms with Gasteiger partial charge in [-0.3, -0.25) is 9.59 Å². The minimum Gasteiger partial charge on any atom is -0.397 e. The van der Waals surface area contributed by atoms with E-state index in [0.29, 0.717) is 33.8 Å². The third-order valence-electron chi connectivity index (χ3n) is 7.34. The molecule has 0 saturated heterocycles. The van der Waals surface area contributed by atoms with Crippen molar-refractivity contribution in [2.75, 3.05) is 5.73 Å². The summed E-state index contributed by atoms with van der Waals surface area (Å²) < 4.78 is 1.92. The summed E-state index contributed by atoms with van der Waals surface area (Å²) in [5.41, 5.74) is 14.1. The number of hydrogen-bond acceptors (Lipinski definition) is 3. The van der Waals surface area contributed by atoms with Crippen molar-refractivity contribution in [3.63, 3.8) is 0 Å². The zero-order valence-electron chi connectivity index (χ0n) is 21.3. The number of nitrogens with two attached hydrogens (primary N) is 1. The third-order valence-corrected chi connectivity index (χ3v) is 7.34. The number of nitrogen functional groups attached to an aromatic ring is 1. The van der Waals surface area contributed by atoms with E-state index in [-0.39, 0.29) is 11.6 Å². The van der Waals surface area contributed by atoms with Gasteiger partial charge >= 0.3 is 0 Å². The summed E-state index contributed by atoms with van der Waals surface area (Å²) in [6.07, 6.45) is 2.97. The highest BCUT2D eigenvalue weighted by Crippen LogP contribution is 2.46. The maximum absolute atomic E-state index is 14.3. The van der Waals surface area contributed by atoms with Gasteiger partial charge in [-0.1, -0.05) is 104 Å². The number of anilines is 1. The molecule has 0 atom stereocenters. The quantitative estimate of drug-likeness (QED) is 0.243. The number of hydrogen-bond donors (Lipinski definition) is 1. The maximum atomic E-state index is 14.3. The fourth-order valence-corrected chi connectivity index (χ4v) is 5.56. The second-order valence-electron chi connectivity index (χ2n) is 9.67. The molecular weight excluding hydrogens is 468 g/mol. The van der Waals surface area contributed by atoms with Gasteiger partial charge < -0.3 is 10.3 Å². The molecular formula is C34H28N2O2. The number of aromatic nitrogens is 1. The first-order valence-electron chi connectivity index (χ1n) is 13.1. The molecule has 0 saturated carbocycles. The Morgan fingerprint density at radius 3 is 1.95 bits per heavy atom. The Hall–Kier alpha value is -4.70. The highest BCUT2D eigenvalue weighted by molar-refractivity contribution is 6.31. The topological polar surface area (TPSA) is 65.1 Å². The van der Waals surface area contributed by atoms with Crippen molar-refractivity contribution < 1.29 is 9.59 Å². The second-order valence-corrected chi connectivity index (χ2v) is 9.67. The van der Waals surface area contributed by atoms with Crippen LogP contribution in [0.15, 0.2) is 103 Å². The predicted molar refractivity (Wildman–Crippen MR) is 153 cm³/mol. The van der Waals surface area contributed by atoms with Crippen LogP contribution in [0.4, 0.5) is 5.69 Å². The van der Waals surface area contributed by atoms with E-state index in [1.807, 2.05) is 77.4 Å². The molecule has 0 amide bonds. The molecule has 0 fully saturated rings. The van der Waals surface area contributed by atoms with Crippen molar-refractivity contribution in [3.05, 3.63) is 131 Å². The van der Waals surface area contributed by atoms with E-state index in [1.54, 1.807) is 18.2 Å². The van der Waals surface area contributed by atoms with Gasteiger partial charge in [0.2, 0.25) is 5.78 Å². The number of benzene rings is 4. The fourth-order valence-electron chi connectivity index (χ4n) is 5.56. The lowest BCUT2D eigenvalue weighted by Crippen LogP contribution is -2.23. The van der Waals surface area contributed by atoms with E-state index in [2.05, 4.69) is 19.1 Å². The van der Waals surface area contributed by atoms with Crippen LogP contribution in [0.2, 0.25) is 0 Å². The number of carbonyl (C=O) groups is 2. The zero-order chi connectivity index (χ0) is 26.2. The summed E-state index contributed by atoms with van der Waals surface area (Å²) in [5.74, 6) is -0.311. The normalized spacial score (nSPS) is 12.3. The molecule has 6 rings (SSSR count). The largest absolute Gasteiger partial charge is 0.397 e. The average molecular weight is 497 g/mol. The molecule has 38 heavy (non-hydrogen) atoms. The van der Waals surface area contributed by atoms with Crippen molar-refractivity contribution in [2.24, 2.45) is 0 Å². The van der Waals surface area contributed by atoms with Crippen molar-refractivity contribution in [1.29, 1.82) is 0 Å². The summed E-state index contributed by atoms with van der Waals surface area (Å²) in [6, 6.07) is 32.8. The molecule has 1 heterocycles. The van der Waals surface area contributed by atoms with Crippen molar-refractivity contribution in [2.45, 2.75) is 26.2 Å². The van der Waals surface area contributed by atoms with Crippen LogP contribution in [-0.4, -0.2) is 16.1 Å². The molecule has 0 radical (unpaired) electrons. The lowest BCUT2D eigenvalue weighted by atomic mass is 9.83. The van der Waals surface area contributed by atoms with Crippen molar-refractivity contribution in [3.8, 4) is 28.1 Å². The Balaban J connectivity index is 1.81. The third kappa shape index (κ3) is 3.69. The first-order chi connectivity index (χ1) is 18.6. The van der Waals surface area contributed by atoms with Crippen LogP contribution in [-0.2, 0) is 6.42 Å². The van der Waals surface area contributed by atoms with Gasteiger partial charge in [0.1, 0.15) is 5.69 Å². The minimum absolute atomic E-state index is 0.138. The smallest absolute Gasteiger partial charge is 0.211 e. The lowest BCUT2D eigenvalue weighted by Gasteiger charge is -2.19. The Kier molecular flexibility index (Phi) is 6.01. The van der Waals surface area contributed by atoms with Gasteiger partial charge in [0.05, 0.1) is 22.6 Å². The molecule has 1 aliphatic rings. The standard InChI is InChI=1S/C34H28N2O2/c1-2-3-13-22-14-7-8-17-24(22)29-30-32(34(38)26-19-10-9-18-25(26)33(30)37)36(28-21-12-11-20-27(28)35)31(29)23-15-5-4-6-16-23/h4-12,14-21H,2-3,13,35H2,1H3. The average Bonchev–Trinajstić information content (AvgIpc) is 3.32. The minimum atomic E-state index is -0.173. The summed E-state index contributed by atoms with van der Waals surface area (Å²) in [5, 5.41) is 0. The lowest BCUT2D eigenvalue weighted by molar-refractivity contribution is 0.0975. The highest BCUT2D eigenvalue weighted by Gasteiger charge is 2.39. The number of ketones is 2. The zero-order valence-corrected chi connectivity index (χ0v) is 21.3. The first kappa shape index (κ1) is 23.7. The number of rotatable bonds is 6. The van der Waals surface area contributed by atoms with E-state index in [4.69, 9.17) is 5.73 Å². The van der Waals surface area contributed by atoms with Gasteiger partial charge in [-0.05, 0) is 41.7 Å². The summed E-state index contributed by atoms with van der Waals surface area (Å²) in [6.45, 7) is 2.17. The van der Waals surface area contributed by atoms with E-state index in [9.17, 15) is 9.59 Å². The summed E-state index contributed by atoms with van der Waals surface area (Å²) >= 11 is 0. The molecule has 5 aromatic rings. The molecule has 4 nitrogen and oxygen atoms in total. The molecule has 4 aromatic carbocycles. The number of para-hydroxylation sites is 2. The number of nitrogens with zero attached hydrogens (tertiary/aromatic N) is 1. The molecule has 1 aromatic heterocycles. The van der Waals surface area contributed by atoms with Gasteiger partial charge in [-0.15, -0.1) is 0 Å². The van der Waals surface area contributed by atoms with Crippen LogP contribution in [0.3, 0.4) is 0 Å². The molecule has 1 aliphatic carbocycles. The maximum Gasteiger partial charge on any atom is 0.211 e. The molecule has 186 valence electrons. The summed E-state index contributed by atoms with van der Waals surface area (Å²) in [7, 11) is 0. The Morgan fingerprint density at radius 2 is 1.24 bits per heavy atom. The number of aryl methyl sites for hydroxylation is 1. The summed E-state index contributed by atoms with van der Waals surface area (Å²) in [4.78, 5) is 28.5. The number of fused-ring (bicyclic) bond motifs is 2. The van der Waals surface area contributed by atoms with Crippen LogP contribution < -0.4 is 5.73 Å². The van der Waals surface area contributed by atoms with Crippen LogP contribution in [0.5, 0.6) is 0 Å². The number of unbranched alkanes of at least 4 members (excludes halogenated alkanes) is 1. The van der Waals surface area contributed by atoms with Gasteiger partial charge in [0, 0.05) is 16.7 Å². The first-order valence-corrected chi connectivity index (χ1v) is 13.1. The molecule has 2 N–H and O–H groups in total. The van der Waals surface area contributed by atoms with E-state index >= 15 is 0 Å². The molecule has 0 spiro atoms. The van der Waals surface area contributed by atoms with Crippen LogP contribution >= 0.6 is 0 Å². The van der Waals surface area contributed by atoms with Gasteiger partial charge in [0.25, 0.3) is 0 Å². The molecule has 0 aliphatic heterocycles. The molecule has 4 heteroatoms. The van der Waals surface area contributed by atoms with Gasteiger partial charge in [-0.2, -0.15) is 0 Å². The number of carbonyl (C=O) groups excluding carboxylic acids is 2. The van der Waals surface area contributed by atoms with Gasteiger partial charge in [-0.25, -0.2) is 0 Å². The van der Waals surface area contributed by atoms with Crippen LogP contribution in [0.1, 0.15) is 57.3 Å².